The number of rotatable bonds is 3. The smallest absolute Gasteiger partial charge is 0.222 e. The molecule has 0 atom stereocenters. The predicted octanol–water partition coefficient (Wildman–Crippen LogP) is 1.17. The number of hydrogen-bond acceptors (Lipinski definition) is 6. The van der Waals surface area contributed by atoms with Crippen molar-refractivity contribution in [3.63, 3.8) is 0 Å². The van der Waals surface area contributed by atoms with Gasteiger partial charge in [0.2, 0.25) is 5.95 Å². The molecule has 1 aromatic heterocycles. The van der Waals surface area contributed by atoms with E-state index in [0.717, 1.165) is 10.9 Å². The first kappa shape index (κ1) is 13.1. The monoisotopic (exact) mass is 274 g/mol. The molecule has 4 N–H and O–H groups in total. The Bertz CT molecular complexity index is 611. The Morgan fingerprint density at radius 2 is 2.00 bits per heavy atom. The molecule has 0 aliphatic carbocycles. The highest BCUT2D eigenvalue weighted by Crippen LogP contribution is 2.24. The van der Waals surface area contributed by atoms with E-state index >= 15 is 0 Å². The first-order valence-electron chi connectivity index (χ1n) is 6.73. The fourth-order valence-electron chi connectivity index (χ4n) is 2.41. The molecule has 2 aromatic rings. The zero-order valence-electron chi connectivity index (χ0n) is 11.2. The number of hydrogen-bond donors (Lipinski definition) is 3. The van der Waals surface area contributed by atoms with Crippen LogP contribution in [0, 0.1) is 0 Å². The summed E-state index contributed by atoms with van der Waals surface area (Å²) >= 11 is 0. The van der Waals surface area contributed by atoms with Gasteiger partial charge in [-0.2, -0.15) is 4.98 Å². The van der Waals surface area contributed by atoms with E-state index in [1.165, 1.54) is 0 Å². The third-order valence-corrected chi connectivity index (χ3v) is 3.63. The first-order chi connectivity index (χ1) is 9.66. The predicted molar refractivity (Wildman–Crippen MR) is 77.4 cm³/mol. The number of nitrogens with one attached hydrogen (secondary N) is 1. The van der Waals surface area contributed by atoms with Gasteiger partial charge in [0, 0.05) is 38.0 Å². The molecule has 3 rings (SSSR count). The van der Waals surface area contributed by atoms with Crippen molar-refractivity contribution in [1.29, 1.82) is 0 Å². The minimum atomic E-state index is -0.751. The second kappa shape index (κ2) is 5.22. The van der Waals surface area contributed by atoms with Crippen molar-refractivity contribution in [2.24, 2.45) is 0 Å². The molecule has 0 amide bonds. The molecule has 0 radical (unpaired) electrons. The number of benzene rings is 1. The van der Waals surface area contributed by atoms with Crippen LogP contribution in [0.25, 0.3) is 10.9 Å². The first-order valence-corrected chi connectivity index (χ1v) is 6.73. The fraction of sp³-hybridized carbons (Fsp3) is 0.429. The summed E-state index contributed by atoms with van der Waals surface area (Å²) in [6, 6.07) is 7.66. The summed E-state index contributed by atoms with van der Waals surface area (Å²) in [6.45, 7) is 1.60. The van der Waals surface area contributed by atoms with E-state index in [1.54, 1.807) is 0 Å². The molecular weight excluding hydrogens is 256 g/mol. The van der Waals surface area contributed by atoms with Crippen LogP contribution in [0.5, 0.6) is 0 Å². The number of nitrogen functional groups attached to an aromatic ring is 1. The number of nitrogens with two attached hydrogens (primary N) is 1. The molecule has 1 saturated heterocycles. The van der Waals surface area contributed by atoms with Crippen molar-refractivity contribution in [3.8, 4) is 0 Å². The van der Waals surface area contributed by atoms with Crippen LogP contribution >= 0.6 is 0 Å². The molecule has 6 nitrogen and oxygen atoms in total. The maximum atomic E-state index is 10.5. The average molecular weight is 274 g/mol. The lowest BCUT2D eigenvalue weighted by atomic mass is 9.94. The van der Waals surface area contributed by atoms with Crippen LogP contribution in [0.15, 0.2) is 24.3 Å². The second-order valence-electron chi connectivity index (χ2n) is 5.14. The standard InChI is InChI=1S/C14H18N4O2/c15-13-17-11-4-2-1-3-10(11)12(18-13)16-9-14(19)5-7-20-8-6-14/h1-4,19H,5-9H2,(H3,15,16,17,18). The van der Waals surface area contributed by atoms with Crippen LogP contribution in [0.2, 0.25) is 0 Å². The van der Waals surface area contributed by atoms with Gasteiger partial charge in [0.25, 0.3) is 0 Å². The molecular formula is C14H18N4O2. The highest BCUT2D eigenvalue weighted by molar-refractivity contribution is 5.89. The summed E-state index contributed by atoms with van der Waals surface area (Å²) < 4.78 is 5.27. The van der Waals surface area contributed by atoms with E-state index in [4.69, 9.17) is 10.5 Å². The Kier molecular flexibility index (Phi) is 3.42. The Morgan fingerprint density at radius 1 is 1.25 bits per heavy atom. The largest absolute Gasteiger partial charge is 0.388 e. The molecule has 6 heteroatoms. The highest BCUT2D eigenvalue weighted by atomic mass is 16.5. The van der Waals surface area contributed by atoms with Crippen molar-refractivity contribution >= 4 is 22.7 Å². The number of fused-ring (bicyclic) bond motifs is 1. The van der Waals surface area contributed by atoms with Crippen LogP contribution in [0.3, 0.4) is 0 Å². The van der Waals surface area contributed by atoms with Crippen molar-refractivity contribution in [2.75, 3.05) is 30.8 Å². The summed E-state index contributed by atoms with van der Waals surface area (Å²) in [7, 11) is 0. The maximum Gasteiger partial charge on any atom is 0.222 e. The number of aromatic nitrogens is 2. The summed E-state index contributed by atoms with van der Waals surface area (Å²) in [5.41, 5.74) is 5.76. The molecule has 0 saturated carbocycles. The van der Waals surface area contributed by atoms with Crippen LogP contribution in [-0.4, -0.2) is 40.4 Å². The lowest BCUT2D eigenvalue weighted by molar-refractivity contribution is -0.0543. The molecule has 1 aliphatic rings. The van der Waals surface area contributed by atoms with Crippen molar-refractivity contribution in [1.82, 2.24) is 9.97 Å². The third-order valence-electron chi connectivity index (χ3n) is 3.63. The number of anilines is 2. The molecule has 1 aromatic carbocycles. The zero-order chi connectivity index (χ0) is 14.0. The average Bonchev–Trinajstić information content (AvgIpc) is 2.45. The number of aliphatic hydroxyl groups is 1. The number of ether oxygens (including phenoxy) is 1. The summed E-state index contributed by atoms with van der Waals surface area (Å²) in [4.78, 5) is 8.42. The second-order valence-corrected chi connectivity index (χ2v) is 5.14. The van der Waals surface area contributed by atoms with E-state index in [1.807, 2.05) is 24.3 Å². The van der Waals surface area contributed by atoms with Gasteiger partial charge in [-0.1, -0.05) is 12.1 Å². The van der Waals surface area contributed by atoms with E-state index in [9.17, 15) is 5.11 Å². The van der Waals surface area contributed by atoms with Gasteiger partial charge >= 0.3 is 0 Å². The number of para-hydroxylation sites is 1. The minimum Gasteiger partial charge on any atom is -0.388 e. The van der Waals surface area contributed by atoms with Crippen molar-refractivity contribution < 1.29 is 9.84 Å². The highest BCUT2D eigenvalue weighted by Gasteiger charge is 2.29. The molecule has 1 aliphatic heterocycles. The maximum absolute atomic E-state index is 10.5. The lowest BCUT2D eigenvalue weighted by Crippen LogP contribution is -2.42. The molecule has 2 heterocycles. The van der Waals surface area contributed by atoms with E-state index < -0.39 is 5.60 Å². The van der Waals surface area contributed by atoms with Gasteiger partial charge < -0.3 is 20.9 Å². The molecule has 106 valence electrons. The zero-order valence-corrected chi connectivity index (χ0v) is 11.2. The summed E-state index contributed by atoms with van der Waals surface area (Å²) in [6.07, 6.45) is 1.25. The van der Waals surface area contributed by atoms with E-state index in [-0.39, 0.29) is 5.95 Å². The quantitative estimate of drug-likeness (QED) is 0.778. The van der Waals surface area contributed by atoms with Gasteiger partial charge in [0.05, 0.1) is 11.1 Å². The Balaban J connectivity index is 1.83. The van der Waals surface area contributed by atoms with Crippen LogP contribution < -0.4 is 11.1 Å². The molecule has 0 bridgehead atoms. The molecule has 0 unspecified atom stereocenters. The Labute approximate surface area is 117 Å². The van der Waals surface area contributed by atoms with Gasteiger partial charge in [-0.3, -0.25) is 0 Å². The molecule has 20 heavy (non-hydrogen) atoms. The molecule has 0 spiro atoms. The summed E-state index contributed by atoms with van der Waals surface area (Å²) in [5.74, 6) is 0.887. The summed E-state index contributed by atoms with van der Waals surface area (Å²) in [5, 5.41) is 14.6. The van der Waals surface area contributed by atoms with E-state index in [0.29, 0.717) is 38.4 Å². The van der Waals surface area contributed by atoms with Gasteiger partial charge in [0.15, 0.2) is 0 Å². The van der Waals surface area contributed by atoms with Gasteiger partial charge in [-0.05, 0) is 12.1 Å². The normalized spacial score (nSPS) is 18.1. The minimum absolute atomic E-state index is 0.227. The SMILES string of the molecule is Nc1nc(NCC2(O)CCOCC2)c2ccccc2n1. The number of nitrogens with zero attached hydrogens (tertiary/aromatic N) is 2. The fourth-order valence-corrected chi connectivity index (χ4v) is 2.41. The van der Waals surface area contributed by atoms with Crippen molar-refractivity contribution in [3.05, 3.63) is 24.3 Å². The van der Waals surface area contributed by atoms with Crippen LogP contribution in [0.1, 0.15) is 12.8 Å². The topological polar surface area (TPSA) is 93.3 Å². The Hall–Kier alpha value is -1.92. The van der Waals surface area contributed by atoms with Crippen LogP contribution in [-0.2, 0) is 4.74 Å². The Morgan fingerprint density at radius 3 is 2.80 bits per heavy atom. The third kappa shape index (κ3) is 2.66. The molecule has 1 fully saturated rings. The van der Waals surface area contributed by atoms with Crippen molar-refractivity contribution in [2.45, 2.75) is 18.4 Å². The van der Waals surface area contributed by atoms with Gasteiger partial charge in [0.1, 0.15) is 5.82 Å². The van der Waals surface area contributed by atoms with Gasteiger partial charge in [-0.25, -0.2) is 4.98 Å². The lowest BCUT2D eigenvalue weighted by Gasteiger charge is -2.32. The van der Waals surface area contributed by atoms with Gasteiger partial charge in [-0.15, -0.1) is 0 Å². The van der Waals surface area contributed by atoms with Crippen LogP contribution in [0.4, 0.5) is 11.8 Å². The van der Waals surface area contributed by atoms with E-state index in [2.05, 4.69) is 15.3 Å².